The van der Waals surface area contributed by atoms with Gasteiger partial charge in [-0.15, -0.1) is 0 Å². The van der Waals surface area contributed by atoms with Gasteiger partial charge in [-0.25, -0.2) is 4.57 Å². The lowest BCUT2D eigenvalue weighted by Gasteiger charge is -2.23. The number of aliphatic hydroxyl groups excluding tert-OH is 1. The Kier molecular flexibility index (Phi) is 36.1. The summed E-state index contributed by atoms with van der Waals surface area (Å²) in [5.41, 5.74) is 5.36. The number of unbranched alkanes of at least 4 members (excludes halogenated alkanes) is 19. The molecule has 0 fully saturated rings. The molecule has 292 valence electrons. The number of phosphoric ester groups is 1. The maximum atomic E-state index is 12.7. The van der Waals surface area contributed by atoms with Crippen molar-refractivity contribution in [2.45, 2.75) is 187 Å². The van der Waals surface area contributed by atoms with Crippen LogP contribution in [0.2, 0.25) is 0 Å². The van der Waals surface area contributed by atoms with Crippen LogP contribution in [0.25, 0.3) is 0 Å². The fourth-order valence-electron chi connectivity index (χ4n) is 5.62. The van der Waals surface area contributed by atoms with E-state index in [-0.39, 0.29) is 25.7 Å². The van der Waals surface area contributed by atoms with Gasteiger partial charge in [0.1, 0.15) is 0 Å². The number of amides is 1. The smallest absolute Gasteiger partial charge is 0.387 e. The van der Waals surface area contributed by atoms with Gasteiger partial charge >= 0.3 is 7.82 Å². The molecule has 0 saturated heterocycles. The molecule has 0 rings (SSSR count). The van der Waals surface area contributed by atoms with Gasteiger partial charge in [0.15, 0.2) is 0 Å². The zero-order valence-corrected chi connectivity index (χ0v) is 33.0. The Bertz CT molecular complexity index is 923. The van der Waals surface area contributed by atoms with Crippen molar-refractivity contribution in [3.05, 3.63) is 48.6 Å². The van der Waals surface area contributed by atoms with Crippen molar-refractivity contribution < 1.29 is 28.4 Å². The second-order valence-electron chi connectivity index (χ2n) is 13.5. The third-order valence-electron chi connectivity index (χ3n) is 8.66. The summed E-state index contributed by atoms with van der Waals surface area (Å²) in [6, 6.07) is -0.875. The highest BCUT2D eigenvalue weighted by Gasteiger charge is 2.26. The van der Waals surface area contributed by atoms with Crippen LogP contribution in [0.1, 0.15) is 174 Å². The Balaban J connectivity index is 4.30. The number of phosphoric acid groups is 1. The minimum absolute atomic E-state index is 0.0720. The van der Waals surface area contributed by atoms with E-state index in [0.717, 1.165) is 64.2 Å². The molecule has 5 N–H and O–H groups in total. The van der Waals surface area contributed by atoms with Gasteiger partial charge in [0.05, 0.1) is 25.4 Å². The highest BCUT2D eigenvalue weighted by atomic mass is 31.2. The average molecular weight is 725 g/mol. The molecule has 0 aliphatic heterocycles. The molecule has 0 aromatic heterocycles. The van der Waals surface area contributed by atoms with E-state index < -0.39 is 20.0 Å². The van der Waals surface area contributed by atoms with Crippen LogP contribution in [0.5, 0.6) is 0 Å². The monoisotopic (exact) mass is 725 g/mol. The number of hydrogen-bond donors (Lipinski definition) is 4. The minimum atomic E-state index is -4.34. The highest BCUT2D eigenvalue weighted by Crippen LogP contribution is 2.43. The number of nitrogens with two attached hydrogens (primary N) is 1. The van der Waals surface area contributed by atoms with Gasteiger partial charge in [-0.05, 0) is 51.4 Å². The summed E-state index contributed by atoms with van der Waals surface area (Å²) in [5, 5.41) is 13.6. The first kappa shape index (κ1) is 48.5. The molecule has 9 heteroatoms. The maximum absolute atomic E-state index is 12.7. The van der Waals surface area contributed by atoms with E-state index >= 15 is 0 Å². The molecule has 0 radical (unpaired) electrons. The van der Waals surface area contributed by atoms with E-state index in [0.29, 0.717) is 6.42 Å². The van der Waals surface area contributed by atoms with Crippen LogP contribution >= 0.6 is 7.82 Å². The van der Waals surface area contributed by atoms with Crippen molar-refractivity contribution in [1.29, 1.82) is 0 Å². The molecule has 0 heterocycles. The fraction of sp³-hybridized carbons (Fsp3) is 0.780. The van der Waals surface area contributed by atoms with Crippen molar-refractivity contribution in [3.8, 4) is 0 Å². The van der Waals surface area contributed by atoms with Gasteiger partial charge in [0.2, 0.25) is 5.91 Å². The Morgan fingerprint density at radius 3 is 1.70 bits per heavy atom. The molecule has 3 unspecified atom stereocenters. The van der Waals surface area contributed by atoms with Crippen molar-refractivity contribution in [2.24, 2.45) is 5.73 Å². The zero-order valence-electron chi connectivity index (χ0n) is 32.1. The van der Waals surface area contributed by atoms with E-state index in [9.17, 15) is 19.4 Å². The SMILES string of the molecule is CC/C=C\C/C=C\C/C=C\CCCCCC(=O)NC(COP(=O)(O)OCCN)C(O)/C=C/CCCCCCCCCCCCCCCCCC. The van der Waals surface area contributed by atoms with E-state index in [1.54, 1.807) is 6.08 Å². The Labute approximate surface area is 307 Å². The van der Waals surface area contributed by atoms with E-state index in [1.165, 1.54) is 89.9 Å². The van der Waals surface area contributed by atoms with Gasteiger partial charge in [-0.1, -0.05) is 165 Å². The van der Waals surface area contributed by atoms with E-state index in [1.807, 2.05) is 6.08 Å². The van der Waals surface area contributed by atoms with Crippen LogP contribution < -0.4 is 11.1 Å². The number of carbonyl (C=O) groups excluding carboxylic acids is 1. The van der Waals surface area contributed by atoms with Crippen molar-refractivity contribution >= 4 is 13.7 Å². The first-order valence-electron chi connectivity index (χ1n) is 20.3. The third kappa shape index (κ3) is 34.9. The van der Waals surface area contributed by atoms with Crippen molar-refractivity contribution in [1.82, 2.24) is 5.32 Å². The number of hydrogen-bond acceptors (Lipinski definition) is 6. The lowest BCUT2D eigenvalue weighted by atomic mass is 10.0. The summed E-state index contributed by atoms with van der Waals surface area (Å²) in [7, 11) is -4.34. The van der Waals surface area contributed by atoms with E-state index in [4.69, 9.17) is 14.8 Å². The molecule has 3 atom stereocenters. The summed E-state index contributed by atoms with van der Waals surface area (Å²) in [4.78, 5) is 22.6. The third-order valence-corrected chi connectivity index (χ3v) is 9.64. The van der Waals surface area contributed by atoms with Crippen LogP contribution in [0.4, 0.5) is 0 Å². The Hall–Kier alpha value is -1.54. The molecule has 0 aliphatic rings. The lowest BCUT2D eigenvalue weighted by molar-refractivity contribution is -0.123. The summed E-state index contributed by atoms with van der Waals surface area (Å²) < 4.78 is 22.1. The summed E-state index contributed by atoms with van der Waals surface area (Å²) in [5.74, 6) is -0.225. The summed E-state index contributed by atoms with van der Waals surface area (Å²) in [6.45, 7) is 3.99. The number of carbonyl (C=O) groups is 1. The molecule has 1 amide bonds. The van der Waals surface area contributed by atoms with Gasteiger partial charge in [-0.2, -0.15) is 0 Å². The largest absolute Gasteiger partial charge is 0.472 e. The van der Waals surface area contributed by atoms with Gasteiger partial charge in [0.25, 0.3) is 0 Å². The quantitative estimate of drug-likeness (QED) is 0.0285. The standard InChI is InChI=1S/C41H77N2O6P/c1-3-5-7-9-11-13-15-17-18-19-20-21-23-24-26-28-30-32-34-40(44)39(38-49-50(46,47)48-37-36-42)43-41(45)35-33-31-29-27-25-22-16-14-12-10-8-6-4-2/h6,8,12,14,22,25,32,34,39-40,44H,3-5,7,9-11,13,15-21,23-24,26-31,33,35-38,42H2,1-2H3,(H,43,45)(H,46,47)/b8-6-,14-12-,25-22-,34-32+. The molecule has 0 aliphatic carbocycles. The first-order valence-corrected chi connectivity index (χ1v) is 21.8. The van der Waals surface area contributed by atoms with Crippen LogP contribution in [0.3, 0.4) is 0 Å². The normalized spacial score (nSPS) is 14.7. The van der Waals surface area contributed by atoms with Gasteiger partial charge < -0.3 is 21.1 Å². The first-order chi connectivity index (χ1) is 24.4. The van der Waals surface area contributed by atoms with Gasteiger partial charge in [-0.3, -0.25) is 13.8 Å². The van der Waals surface area contributed by atoms with Crippen LogP contribution in [0, 0.1) is 0 Å². The minimum Gasteiger partial charge on any atom is -0.387 e. The molecule has 0 saturated carbocycles. The van der Waals surface area contributed by atoms with Crippen molar-refractivity contribution in [2.75, 3.05) is 19.8 Å². The molecular formula is C41H77N2O6P. The number of aliphatic hydroxyl groups is 1. The highest BCUT2D eigenvalue weighted by molar-refractivity contribution is 7.47. The predicted molar refractivity (Wildman–Crippen MR) is 212 cm³/mol. The summed E-state index contributed by atoms with van der Waals surface area (Å²) in [6.07, 6.45) is 44.5. The molecule has 0 aromatic carbocycles. The van der Waals surface area contributed by atoms with Crippen LogP contribution in [0.15, 0.2) is 48.6 Å². The number of nitrogens with one attached hydrogen (secondary N) is 1. The Morgan fingerprint density at radius 2 is 1.16 bits per heavy atom. The number of rotatable bonds is 37. The maximum Gasteiger partial charge on any atom is 0.472 e. The van der Waals surface area contributed by atoms with Crippen LogP contribution in [-0.4, -0.2) is 47.8 Å². The topological polar surface area (TPSA) is 131 Å². The number of allylic oxidation sites excluding steroid dienone is 7. The molecule has 50 heavy (non-hydrogen) atoms. The van der Waals surface area contributed by atoms with Crippen LogP contribution in [-0.2, 0) is 18.4 Å². The zero-order chi connectivity index (χ0) is 36.8. The van der Waals surface area contributed by atoms with Gasteiger partial charge in [0, 0.05) is 13.0 Å². The fourth-order valence-corrected chi connectivity index (χ4v) is 6.38. The van der Waals surface area contributed by atoms with Crippen molar-refractivity contribution in [3.63, 3.8) is 0 Å². The second kappa shape index (κ2) is 37.2. The lowest BCUT2D eigenvalue weighted by Crippen LogP contribution is -2.45. The second-order valence-corrected chi connectivity index (χ2v) is 14.9. The summed E-state index contributed by atoms with van der Waals surface area (Å²) >= 11 is 0. The Morgan fingerprint density at radius 1 is 0.680 bits per heavy atom. The van der Waals surface area contributed by atoms with E-state index in [2.05, 4.69) is 55.6 Å². The molecule has 0 bridgehead atoms. The predicted octanol–water partition coefficient (Wildman–Crippen LogP) is 10.9. The molecular weight excluding hydrogens is 647 g/mol. The molecule has 0 aromatic rings. The average Bonchev–Trinajstić information content (AvgIpc) is 3.10. The molecule has 0 spiro atoms. The molecule has 8 nitrogen and oxygen atoms in total.